The van der Waals surface area contributed by atoms with Crippen LogP contribution in [0.1, 0.15) is 31.8 Å². The fourth-order valence-corrected chi connectivity index (χ4v) is 3.64. The highest BCUT2D eigenvalue weighted by Crippen LogP contribution is 2.40. The van der Waals surface area contributed by atoms with Crippen molar-refractivity contribution in [3.05, 3.63) is 70.8 Å². The van der Waals surface area contributed by atoms with Gasteiger partial charge >= 0.3 is 0 Å². The summed E-state index contributed by atoms with van der Waals surface area (Å²) in [5.41, 5.74) is 28.7. The number of amides is 2. The summed E-state index contributed by atoms with van der Waals surface area (Å²) >= 11 is 0. The van der Waals surface area contributed by atoms with Gasteiger partial charge in [-0.25, -0.2) is 0 Å². The van der Waals surface area contributed by atoms with Gasteiger partial charge in [0.1, 0.15) is 0 Å². The molecule has 8 N–H and O–H groups in total. The number of anilines is 2. The Morgan fingerprint density at radius 3 is 1.14 bits per heavy atom. The molecule has 0 saturated carbocycles. The highest BCUT2D eigenvalue weighted by Gasteiger charge is 2.26. The Morgan fingerprint density at radius 2 is 0.893 bits per heavy atom. The second-order valence-corrected chi connectivity index (χ2v) is 6.72. The molecule has 3 rings (SSSR count). The molecule has 2 amide bonds. The standard InChI is InChI=1S/C22H22N4O2/c1-11-17(13-3-7-15(23)8-4-13)20(22(26)28)12(2)18(19(11)21(25)27)14-5-9-16(24)10-6-14/h3-10H,23-24H2,1-2H3,(H2,25,27)(H2,26,28). The molecule has 6 heteroatoms. The molecular formula is C22H22N4O2. The van der Waals surface area contributed by atoms with Gasteiger partial charge in [0.15, 0.2) is 0 Å². The fraction of sp³-hybridized carbons (Fsp3) is 0.0909. The SMILES string of the molecule is Cc1c(C(N)=O)c(-c2ccc(N)cc2)c(C)c(C(N)=O)c1-c1ccc(N)cc1. The summed E-state index contributed by atoms with van der Waals surface area (Å²) in [7, 11) is 0. The van der Waals surface area contributed by atoms with Gasteiger partial charge in [-0.05, 0) is 71.5 Å². The van der Waals surface area contributed by atoms with Gasteiger partial charge in [0, 0.05) is 11.4 Å². The van der Waals surface area contributed by atoms with Gasteiger partial charge in [-0.15, -0.1) is 0 Å². The lowest BCUT2D eigenvalue weighted by Gasteiger charge is -2.22. The molecular weight excluding hydrogens is 352 g/mol. The lowest BCUT2D eigenvalue weighted by Crippen LogP contribution is -2.21. The molecule has 0 aliphatic carbocycles. The Hall–Kier alpha value is -3.80. The van der Waals surface area contributed by atoms with Crippen LogP contribution in [-0.4, -0.2) is 11.8 Å². The van der Waals surface area contributed by atoms with E-state index in [4.69, 9.17) is 22.9 Å². The number of hydrogen-bond acceptors (Lipinski definition) is 4. The Bertz CT molecular complexity index is 996. The molecule has 0 fully saturated rings. The average molecular weight is 374 g/mol. The number of benzene rings is 3. The topological polar surface area (TPSA) is 138 Å². The summed E-state index contributed by atoms with van der Waals surface area (Å²) in [6, 6.07) is 14.1. The van der Waals surface area contributed by atoms with Crippen LogP contribution in [-0.2, 0) is 0 Å². The maximum absolute atomic E-state index is 12.4. The van der Waals surface area contributed by atoms with Crippen molar-refractivity contribution in [1.82, 2.24) is 0 Å². The average Bonchev–Trinajstić information content (AvgIpc) is 2.64. The third kappa shape index (κ3) is 3.16. The number of carbonyl (C=O) groups excluding carboxylic acids is 2. The number of primary amides is 2. The monoisotopic (exact) mass is 374 g/mol. The minimum atomic E-state index is -0.583. The zero-order chi connectivity index (χ0) is 20.6. The third-order valence-electron chi connectivity index (χ3n) is 4.89. The summed E-state index contributed by atoms with van der Waals surface area (Å²) in [5, 5.41) is 0. The van der Waals surface area contributed by atoms with Crippen LogP contribution in [0, 0.1) is 13.8 Å². The largest absolute Gasteiger partial charge is 0.399 e. The zero-order valence-electron chi connectivity index (χ0n) is 15.7. The first-order valence-electron chi connectivity index (χ1n) is 8.71. The van der Waals surface area contributed by atoms with Crippen molar-refractivity contribution in [3.63, 3.8) is 0 Å². The van der Waals surface area contributed by atoms with Crippen LogP contribution in [0.3, 0.4) is 0 Å². The van der Waals surface area contributed by atoms with E-state index in [0.29, 0.717) is 44.8 Å². The number of nitrogen functional groups attached to an aromatic ring is 2. The van der Waals surface area contributed by atoms with Crippen molar-refractivity contribution in [3.8, 4) is 22.3 Å². The zero-order valence-corrected chi connectivity index (χ0v) is 15.7. The molecule has 3 aromatic carbocycles. The van der Waals surface area contributed by atoms with Crippen LogP contribution < -0.4 is 22.9 Å². The maximum atomic E-state index is 12.4. The second-order valence-electron chi connectivity index (χ2n) is 6.72. The van der Waals surface area contributed by atoms with Gasteiger partial charge in [0.25, 0.3) is 0 Å². The molecule has 0 aromatic heterocycles. The lowest BCUT2D eigenvalue weighted by atomic mass is 9.81. The third-order valence-corrected chi connectivity index (χ3v) is 4.89. The first-order chi connectivity index (χ1) is 13.2. The molecule has 3 aromatic rings. The van der Waals surface area contributed by atoms with Crippen LogP contribution in [0.4, 0.5) is 11.4 Å². The summed E-state index contributed by atoms with van der Waals surface area (Å²) in [4.78, 5) is 24.8. The van der Waals surface area contributed by atoms with Crippen molar-refractivity contribution in [2.45, 2.75) is 13.8 Å². The summed E-state index contributed by atoms with van der Waals surface area (Å²) < 4.78 is 0. The molecule has 0 aliphatic rings. The first-order valence-corrected chi connectivity index (χ1v) is 8.71. The van der Waals surface area contributed by atoms with E-state index in [1.165, 1.54) is 0 Å². The van der Waals surface area contributed by atoms with Crippen LogP contribution in [0.25, 0.3) is 22.3 Å². The van der Waals surface area contributed by atoms with Gasteiger partial charge in [-0.3, -0.25) is 9.59 Å². The minimum absolute atomic E-state index is 0.346. The van der Waals surface area contributed by atoms with E-state index in [-0.39, 0.29) is 0 Å². The molecule has 0 heterocycles. The van der Waals surface area contributed by atoms with E-state index in [9.17, 15) is 9.59 Å². The van der Waals surface area contributed by atoms with Gasteiger partial charge in [0.2, 0.25) is 11.8 Å². The normalized spacial score (nSPS) is 10.6. The minimum Gasteiger partial charge on any atom is -0.399 e. The fourth-order valence-electron chi connectivity index (χ4n) is 3.64. The van der Waals surface area contributed by atoms with Crippen molar-refractivity contribution in [2.24, 2.45) is 11.5 Å². The van der Waals surface area contributed by atoms with Crippen LogP contribution in [0.2, 0.25) is 0 Å². The number of hydrogen-bond donors (Lipinski definition) is 4. The van der Waals surface area contributed by atoms with Crippen LogP contribution >= 0.6 is 0 Å². The van der Waals surface area contributed by atoms with E-state index in [1.54, 1.807) is 62.4 Å². The van der Waals surface area contributed by atoms with Gasteiger partial charge < -0.3 is 22.9 Å². The number of nitrogens with two attached hydrogens (primary N) is 4. The molecule has 0 saturated heterocycles. The lowest BCUT2D eigenvalue weighted by molar-refractivity contribution is 0.0988. The van der Waals surface area contributed by atoms with Crippen LogP contribution in [0.15, 0.2) is 48.5 Å². The molecule has 142 valence electrons. The Morgan fingerprint density at radius 1 is 0.607 bits per heavy atom. The molecule has 0 unspecified atom stereocenters. The quantitative estimate of drug-likeness (QED) is 0.521. The van der Waals surface area contributed by atoms with Crippen molar-refractivity contribution in [1.29, 1.82) is 0 Å². The number of rotatable bonds is 4. The predicted molar refractivity (Wildman–Crippen MR) is 113 cm³/mol. The maximum Gasteiger partial charge on any atom is 0.249 e. The van der Waals surface area contributed by atoms with Gasteiger partial charge in [-0.2, -0.15) is 0 Å². The smallest absolute Gasteiger partial charge is 0.249 e. The molecule has 6 nitrogen and oxygen atoms in total. The van der Waals surface area contributed by atoms with E-state index < -0.39 is 11.8 Å². The van der Waals surface area contributed by atoms with Crippen LogP contribution in [0.5, 0.6) is 0 Å². The van der Waals surface area contributed by atoms with Crippen molar-refractivity contribution < 1.29 is 9.59 Å². The van der Waals surface area contributed by atoms with E-state index in [2.05, 4.69) is 0 Å². The Balaban J connectivity index is 2.46. The summed E-state index contributed by atoms with van der Waals surface area (Å²) in [5.74, 6) is -1.17. The highest BCUT2D eigenvalue weighted by molar-refractivity contribution is 6.11. The molecule has 0 aliphatic heterocycles. The Kier molecular flexibility index (Phi) is 4.79. The van der Waals surface area contributed by atoms with E-state index >= 15 is 0 Å². The molecule has 0 bridgehead atoms. The van der Waals surface area contributed by atoms with Gasteiger partial charge in [0.05, 0.1) is 11.1 Å². The molecule has 0 atom stereocenters. The molecule has 0 spiro atoms. The summed E-state index contributed by atoms with van der Waals surface area (Å²) in [6.45, 7) is 3.52. The van der Waals surface area contributed by atoms with E-state index in [1.807, 2.05) is 0 Å². The summed E-state index contributed by atoms with van der Waals surface area (Å²) in [6.07, 6.45) is 0. The Labute approximate surface area is 163 Å². The number of carbonyl (C=O) groups is 2. The van der Waals surface area contributed by atoms with Crippen molar-refractivity contribution in [2.75, 3.05) is 11.5 Å². The van der Waals surface area contributed by atoms with Crippen molar-refractivity contribution >= 4 is 23.2 Å². The first kappa shape index (κ1) is 19.0. The van der Waals surface area contributed by atoms with E-state index in [0.717, 1.165) is 11.1 Å². The van der Waals surface area contributed by atoms with Gasteiger partial charge in [-0.1, -0.05) is 24.3 Å². The predicted octanol–water partition coefficient (Wildman–Crippen LogP) is 3.00. The highest BCUT2D eigenvalue weighted by atomic mass is 16.1. The molecule has 0 radical (unpaired) electrons. The second kappa shape index (κ2) is 7.08. The molecule has 28 heavy (non-hydrogen) atoms.